The minimum absolute atomic E-state index is 0.937. The lowest BCUT2D eigenvalue weighted by Crippen LogP contribution is -2.15. The maximum absolute atomic E-state index is 4.74. The molecular weight excluding hydrogens is 362 g/mol. The summed E-state index contributed by atoms with van der Waals surface area (Å²) in [4.78, 5) is 4.74. The van der Waals surface area contributed by atoms with E-state index in [1.165, 1.54) is 100 Å². The third kappa shape index (κ3) is 7.56. The molecule has 164 valence electrons. The van der Waals surface area contributed by atoms with Gasteiger partial charge in [0.1, 0.15) is 0 Å². The number of hydrogen-bond acceptors (Lipinski definition) is 1. The molecule has 1 heteroatoms. The predicted molar refractivity (Wildman–Crippen MR) is 131 cm³/mol. The van der Waals surface area contributed by atoms with E-state index in [0.717, 1.165) is 24.0 Å². The van der Waals surface area contributed by atoms with Gasteiger partial charge in [0.05, 0.1) is 5.69 Å². The Kier molecular flexibility index (Phi) is 9.93. The highest BCUT2D eigenvalue weighted by atomic mass is 14.7. The Balaban J connectivity index is 1.33. The third-order valence-corrected chi connectivity index (χ3v) is 7.26. The molecule has 1 nitrogen and oxygen atoms in total. The maximum atomic E-state index is 4.74. The van der Waals surface area contributed by atoms with E-state index in [1.54, 1.807) is 0 Å². The third-order valence-electron chi connectivity index (χ3n) is 7.26. The molecule has 1 aromatic heterocycles. The van der Waals surface area contributed by atoms with Gasteiger partial charge in [0.25, 0.3) is 0 Å². The van der Waals surface area contributed by atoms with Crippen molar-refractivity contribution in [3.63, 3.8) is 0 Å². The molecule has 30 heavy (non-hydrogen) atoms. The van der Waals surface area contributed by atoms with Crippen molar-refractivity contribution in [2.75, 3.05) is 0 Å². The zero-order valence-electron chi connectivity index (χ0n) is 19.5. The van der Waals surface area contributed by atoms with E-state index in [4.69, 9.17) is 4.98 Å². The van der Waals surface area contributed by atoms with Gasteiger partial charge in [-0.1, -0.05) is 115 Å². The first-order valence-corrected chi connectivity index (χ1v) is 12.8. The highest BCUT2D eigenvalue weighted by Crippen LogP contribution is 2.34. The fourth-order valence-electron chi connectivity index (χ4n) is 5.05. The van der Waals surface area contributed by atoms with Gasteiger partial charge in [-0.15, -0.1) is 0 Å². The molecule has 1 aliphatic rings. The molecule has 1 aliphatic carbocycles. The van der Waals surface area contributed by atoms with Crippen LogP contribution < -0.4 is 0 Å². The van der Waals surface area contributed by atoms with Crippen LogP contribution >= 0.6 is 0 Å². The van der Waals surface area contributed by atoms with Crippen LogP contribution in [0.15, 0.2) is 42.6 Å². The number of nitrogens with zero attached hydrogens (tertiary/aromatic N) is 1. The molecule has 0 saturated heterocycles. The van der Waals surface area contributed by atoms with Crippen molar-refractivity contribution in [2.24, 2.45) is 11.8 Å². The molecule has 0 unspecified atom stereocenters. The van der Waals surface area contributed by atoms with Crippen molar-refractivity contribution in [2.45, 2.75) is 104 Å². The topological polar surface area (TPSA) is 12.9 Å². The zero-order valence-corrected chi connectivity index (χ0v) is 19.5. The lowest BCUT2D eigenvalue weighted by Gasteiger charge is -2.28. The summed E-state index contributed by atoms with van der Waals surface area (Å²) in [5.74, 6) is 1.96. The van der Waals surface area contributed by atoms with Gasteiger partial charge in [0.2, 0.25) is 0 Å². The van der Waals surface area contributed by atoms with Gasteiger partial charge in [0.15, 0.2) is 0 Å². The van der Waals surface area contributed by atoms with Crippen LogP contribution in [-0.4, -0.2) is 4.98 Å². The van der Waals surface area contributed by atoms with Crippen molar-refractivity contribution in [1.29, 1.82) is 0 Å². The Morgan fingerprint density at radius 1 is 0.700 bits per heavy atom. The van der Waals surface area contributed by atoms with E-state index in [9.17, 15) is 0 Å². The van der Waals surface area contributed by atoms with Crippen molar-refractivity contribution in [1.82, 2.24) is 4.98 Å². The van der Waals surface area contributed by atoms with E-state index in [1.807, 2.05) is 0 Å². The average molecular weight is 406 g/mol. The number of rotatable bonds is 12. The molecule has 1 heterocycles. The molecule has 3 rings (SSSR count). The SMILES string of the molecule is CCCCCCCCC1CCC(CCc2ccc(-c3ccc(CC)cc3)nc2)CC1. The van der Waals surface area contributed by atoms with Crippen LogP contribution in [0.2, 0.25) is 0 Å². The molecule has 0 bridgehead atoms. The first kappa shape index (κ1) is 23.0. The van der Waals surface area contributed by atoms with Crippen molar-refractivity contribution in [3.8, 4) is 11.3 Å². The molecular formula is C29H43N. The molecule has 0 atom stereocenters. The Bertz CT molecular complexity index is 692. The summed E-state index contributed by atoms with van der Waals surface area (Å²) in [5.41, 5.74) is 5.11. The number of hydrogen-bond donors (Lipinski definition) is 0. The van der Waals surface area contributed by atoms with Gasteiger partial charge in [0, 0.05) is 11.8 Å². The lowest BCUT2D eigenvalue weighted by atomic mass is 9.78. The number of aryl methyl sites for hydroxylation is 2. The Morgan fingerprint density at radius 3 is 1.97 bits per heavy atom. The zero-order chi connectivity index (χ0) is 21.0. The number of benzene rings is 1. The van der Waals surface area contributed by atoms with Crippen LogP contribution in [0, 0.1) is 11.8 Å². The van der Waals surface area contributed by atoms with Crippen LogP contribution in [0.4, 0.5) is 0 Å². The summed E-state index contributed by atoms with van der Waals surface area (Å²) in [6.07, 6.45) is 21.7. The second kappa shape index (κ2) is 12.9. The minimum Gasteiger partial charge on any atom is -0.256 e. The molecule has 0 spiro atoms. The summed E-state index contributed by atoms with van der Waals surface area (Å²) in [6.45, 7) is 4.50. The van der Waals surface area contributed by atoms with Gasteiger partial charge in [-0.05, 0) is 48.3 Å². The van der Waals surface area contributed by atoms with Crippen molar-refractivity contribution >= 4 is 0 Å². The van der Waals surface area contributed by atoms with E-state index in [2.05, 4.69) is 56.4 Å². The molecule has 2 aromatic rings. The Labute approximate surface area is 185 Å². The van der Waals surface area contributed by atoms with Crippen LogP contribution in [-0.2, 0) is 12.8 Å². The van der Waals surface area contributed by atoms with Crippen molar-refractivity contribution in [3.05, 3.63) is 53.7 Å². The monoisotopic (exact) mass is 405 g/mol. The standard InChI is InChI=1S/C29H43N/c1-3-5-6-7-8-9-10-25-11-13-26(14-12-25)15-16-27-19-22-29(30-23-27)28-20-17-24(4-2)18-21-28/h17-23,25-26H,3-16H2,1-2H3. The largest absolute Gasteiger partial charge is 0.256 e. The molecule has 1 fully saturated rings. The van der Waals surface area contributed by atoms with Crippen LogP contribution in [0.3, 0.4) is 0 Å². The highest BCUT2D eigenvalue weighted by Gasteiger charge is 2.20. The van der Waals surface area contributed by atoms with E-state index in [-0.39, 0.29) is 0 Å². The molecule has 0 amide bonds. The number of unbranched alkanes of at least 4 members (excludes halogenated alkanes) is 5. The van der Waals surface area contributed by atoms with Gasteiger partial charge in [-0.3, -0.25) is 4.98 Å². The Hall–Kier alpha value is -1.63. The van der Waals surface area contributed by atoms with Crippen LogP contribution in [0.25, 0.3) is 11.3 Å². The average Bonchev–Trinajstić information content (AvgIpc) is 2.81. The Morgan fingerprint density at radius 2 is 1.33 bits per heavy atom. The molecule has 0 radical (unpaired) electrons. The minimum atomic E-state index is 0.937. The summed E-state index contributed by atoms with van der Waals surface area (Å²) in [5, 5.41) is 0. The molecule has 1 aromatic carbocycles. The fraction of sp³-hybridized carbons (Fsp3) is 0.621. The van der Waals surface area contributed by atoms with Gasteiger partial charge < -0.3 is 0 Å². The van der Waals surface area contributed by atoms with Crippen LogP contribution in [0.1, 0.15) is 102 Å². The lowest BCUT2D eigenvalue weighted by molar-refractivity contribution is 0.248. The first-order chi connectivity index (χ1) is 14.8. The van der Waals surface area contributed by atoms with Gasteiger partial charge in [-0.2, -0.15) is 0 Å². The van der Waals surface area contributed by atoms with E-state index in [0.29, 0.717) is 0 Å². The fourth-order valence-corrected chi connectivity index (χ4v) is 5.05. The summed E-state index contributed by atoms with van der Waals surface area (Å²) in [7, 11) is 0. The smallest absolute Gasteiger partial charge is 0.0702 e. The summed E-state index contributed by atoms with van der Waals surface area (Å²) >= 11 is 0. The quantitative estimate of drug-likeness (QED) is 0.321. The van der Waals surface area contributed by atoms with Crippen molar-refractivity contribution < 1.29 is 0 Å². The number of aromatic nitrogens is 1. The molecule has 1 saturated carbocycles. The number of pyridine rings is 1. The van der Waals surface area contributed by atoms with E-state index >= 15 is 0 Å². The first-order valence-electron chi connectivity index (χ1n) is 12.8. The van der Waals surface area contributed by atoms with E-state index < -0.39 is 0 Å². The molecule has 0 N–H and O–H groups in total. The normalized spacial score (nSPS) is 19.1. The van der Waals surface area contributed by atoms with Gasteiger partial charge in [-0.25, -0.2) is 0 Å². The predicted octanol–water partition coefficient (Wildman–Crippen LogP) is 8.80. The second-order valence-electron chi connectivity index (χ2n) is 9.58. The summed E-state index contributed by atoms with van der Waals surface area (Å²) < 4.78 is 0. The second-order valence-corrected chi connectivity index (χ2v) is 9.58. The van der Waals surface area contributed by atoms with Gasteiger partial charge >= 0.3 is 0 Å². The maximum Gasteiger partial charge on any atom is 0.0702 e. The van der Waals surface area contributed by atoms with Crippen LogP contribution in [0.5, 0.6) is 0 Å². The highest BCUT2D eigenvalue weighted by molar-refractivity contribution is 5.59. The summed E-state index contributed by atoms with van der Waals surface area (Å²) in [6, 6.07) is 13.3. The molecule has 0 aliphatic heterocycles.